The van der Waals surface area contributed by atoms with E-state index in [2.05, 4.69) is 15.6 Å². The first kappa shape index (κ1) is 12.3. The minimum absolute atomic E-state index is 0.0437. The van der Waals surface area contributed by atoms with Crippen molar-refractivity contribution in [2.75, 3.05) is 10.6 Å². The summed E-state index contributed by atoms with van der Waals surface area (Å²) in [5.41, 5.74) is 3.17. The van der Waals surface area contributed by atoms with Crippen LogP contribution in [0.2, 0.25) is 0 Å². The second kappa shape index (κ2) is 4.77. The Kier molecular flexibility index (Phi) is 2.95. The van der Waals surface area contributed by atoms with Gasteiger partial charge in [-0.05, 0) is 42.3 Å². The van der Waals surface area contributed by atoms with Crippen molar-refractivity contribution in [3.05, 3.63) is 53.2 Å². The number of aromatic nitrogens is 1. The maximum absolute atomic E-state index is 12.1. The van der Waals surface area contributed by atoms with Gasteiger partial charge in [-0.3, -0.25) is 9.59 Å². The number of aryl methyl sites for hydroxylation is 1. The van der Waals surface area contributed by atoms with Gasteiger partial charge in [0, 0.05) is 17.4 Å². The maximum Gasteiger partial charge on any atom is 0.256 e. The Morgan fingerprint density at radius 3 is 2.90 bits per heavy atom. The SMILES string of the molecule is Cc1ccc(NC(=O)c2ccc3c(c2)CC(=O)N3)nc1. The molecule has 0 saturated carbocycles. The highest BCUT2D eigenvalue weighted by Crippen LogP contribution is 2.24. The molecule has 0 radical (unpaired) electrons. The minimum atomic E-state index is -0.233. The second-order valence-corrected chi connectivity index (χ2v) is 4.77. The van der Waals surface area contributed by atoms with Crippen LogP contribution in [0.4, 0.5) is 11.5 Å². The number of nitrogens with zero attached hydrogens (tertiary/aromatic N) is 1. The molecule has 0 unspecified atom stereocenters. The topological polar surface area (TPSA) is 71.1 Å². The van der Waals surface area contributed by atoms with E-state index in [4.69, 9.17) is 0 Å². The Bertz CT molecular complexity index is 693. The van der Waals surface area contributed by atoms with Gasteiger partial charge in [0.1, 0.15) is 5.82 Å². The Morgan fingerprint density at radius 1 is 1.30 bits per heavy atom. The molecule has 2 heterocycles. The van der Waals surface area contributed by atoms with Gasteiger partial charge in [0.25, 0.3) is 5.91 Å². The van der Waals surface area contributed by atoms with Gasteiger partial charge in [-0.15, -0.1) is 0 Å². The van der Waals surface area contributed by atoms with Crippen molar-refractivity contribution in [1.29, 1.82) is 0 Å². The summed E-state index contributed by atoms with van der Waals surface area (Å²) in [5, 5.41) is 5.47. The summed E-state index contributed by atoms with van der Waals surface area (Å²) >= 11 is 0. The lowest BCUT2D eigenvalue weighted by Crippen LogP contribution is -2.13. The number of benzene rings is 1. The van der Waals surface area contributed by atoms with E-state index >= 15 is 0 Å². The zero-order valence-corrected chi connectivity index (χ0v) is 10.9. The predicted octanol–water partition coefficient (Wildman–Crippen LogP) is 2.14. The van der Waals surface area contributed by atoms with Crippen LogP contribution in [0, 0.1) is 6.92 Å². The molecule has 0 atom stereocenters. The summed E-state index contributed by atoms with van der Waals surface area (Å²) in [5.74, 6) is 0.233. The normalized spacial score (nSPS) is 12.8. The molecule has 2 N–H and O–H groups in total. The number of carbonyl (C=O) groups excluding carboxylic acids is 2. The average Bonchev–Trinajstić information content (AvgIpc) is 2.80. The van der Waals surface area contributed by atoms with Gasteiger partial charge in [-0.2, -0.15) is 0 Å². The first-order valence-corrected chi connectivity index (χ1v) is 6.28. The highest BCUT2D eigenvalue weighted by molar-refractivity contribution is 6.06. The number of hydrogen-bond acceptors (Lipinski definition) is 3. The number of amides is 2. The third kappa shape index (κ3) is 2.38. The Hall–Kier alpha value is -2.69. The highest BCUT2D eigenvalue weighted by atomic mass is 16.2. The number of pyridine rings is 1. The number of nitrogens with one attached hydrogen (secondary N) is 2. The van der Waals surface area contributed by atoms with Crippen LogP contribution in [0.1, 0.15) is 21.5 Å². The molecule has 1 aromatic carbocycles. The standard InChI is InChI=1S/C15H13N3O2/c1-9-2-5-13(16-8-9)18-15(20)10-3-4-12-11(6-10)7-14(19)17-12/h2-6,8H,7H2,1H3,(H,17,19)(H,16,18,20). The van der Waals surface area contributed by atoms with Gasteiger partial charge in [0.2, 0.25) is 5.91 Å². The molecule has 2 amide bonds. The van der Waals surface area contributed by atoms with E-state index in [1.807, 2.05) is 13.0 Å². The van der Waals surface area contributed by atoms with Gasteiger partial charge >= 0.3 is 0 Å². The van der Waals surface area contributed by atoms with E-state index in [-0.39, 0.29) is 11.8 Å². The van der Waals surface area contributed by atoms with Crippen LogP contribution in [0.25, 0.3) is 0 Å². The van der Waals surface area contributed by atoms with Crippen LogP contribution in [0.15, 0.2) is 36.5 Å². The summed E-state index contributed by atoms with van der Waals surface area (Å²) in [4.78, 5) is 27.5. The smallest absolute Gasteiger partial charge is 0.256 e. The lowest BCUT2D eigenvalue weighted by Gasteiger charge is -2.06. The van der Waals surface area contributed by atoms with Crippen LogP contribution < -0.4 is 10.6 Å². The van der Waals surface area contributed by atoms with E-state index in [0.29, 0.717) is 17.8 Å². The van der Waals surface area contributed by atoms with Crippen LogP contribution in [-0.4, -0.2) is 16.8 Å². The third-order valence-corrected chi connectivity index (χ3v) is 3.15. The van der Waals surface area contributed by atoms with Gasteiger partial charge in [-0.25, -0.2) is 4.98 Å². The zero-order chi connectivity index (χ0) is 14.1. The molecule has 0 saturated heterocycles. The monoisotopic (exact) mass is 267 g/mol. The average molecular weight is 267 g/mol. The molecule has 2 aromatic rings. The van der Waals surface area contributed by atoms with E-state index < -0.39 is 0 Å². The maximum atomic E-state index is 12.1. The van der Waals surface area contributed by atoms with Crippen LogP contribution >= 0.6 is 0 Å². The zero-order valence-electron chi connectivity index (χ0n) is 10.9. The molecule has 1 aliphatic rings. The lowest BCUT2D eigenvalue weighted by atomic mass is 10.1. The van der Waals surface area contributed by atoms with Crippen LogP contribution in [0.5, 0.6) is 0 Å². The summed E-state index contributed by atoms with van der Waals surface area (Å²) in [7, 11) is 0. The van der Waals surface area contributed by atoms with Gasteiger partial charge in [0.15, 0.2) is 0 Å². The first-order valence-electron chi connectivity index (χ1n) is 6.28. The molecule has 20 heavy (non-hydrogen) atoms. The Morgan fingerprint density at radius 2 is 2.15 bits per heavy atom. The van der Waals surface area contributed by atoms with Crippen molar-refractivity contribution in [2.45, 2.75) is 13.3 Å². The van der Waals surface area contributed by atoms with E-state index in [1.165, 1.54) is 0 Å². The molecule has 5 nitrogen and oxygen atoms in total. The number of hydrogen-bond donors (Lipinski definition) is 2. The van der Waals surface area contributed by atoms with E-state index in [0.717, 1.165) is 16.8 Å². The quantitative estimate of drug-likeness (QED) is 0.875. The summed E-state index contributed by atoms with van der Waals surface area (Å²) in [6.45, 7) is 1.93. The Balaban J connectivity index is 1.79. The molecule has 0 fully saturated rings. The highest BCUT2D eigenvalue weighted by Gasteiger charge is 2.19. The fourth-order valence-corrected chi connectivity index (χ4v) is 2.10. The molecule has 3 rings (SSSR count). The third-order valence-electron chi connectivity index (χ3n) is 3.15. The molecule has 1 aliphatic heterocycles. The van der Waals surface area contributed by atoms with Gasteiger partial charge in [0.05, 0.1) is 6.42 Å². The molecule has 1 aromatic heterocycles. The Labute approximate surface area is 116 Å². The van der Waals surface area contributed by atoms with Crippen molar-refractivity contribution in [1.82, 2.24) is 4.98 Å². The molecule has 0 aliphatic carbocycles. The minimum Gasteiger partial charge on any atom is -0.326 e. The van der Waals surface area contributed by atoms with Crippen LogP contribution in [0.3, 0.4) is 0 Å². The molecule has 5 heteroatoms. The largest absolute Gasteiger partial charge is 0.326 e. The predicted molar refractivity (Wildman–Crippen MR) is 75.7 cm³/mol. The lowest BCUT2D eigenvalue weighted by molar-refractivity contribution is -0.115. The van der Waals surface area contributed by atoms with Crippen molar-refractivity contribution in [3.63, 3.8) is 0 Å². The van der Waals surface area contributed by atoms with E-state index in [9.17, 15) is 9.59 Å². The number of rotatable bonds is 2. The van der Waals surface area contributed by atoms with Crippen LogP contribution in [-0.2, 0) is 11.2 Å². The molecule has 0 spiro atoms. The summed E-state index contributed by atoms with van der Waals surface area (Å²) in [6, 6.07) is 8.81. The number of carbonyl (C=O) groups is 2. The molecular weight excluding hydrogens is 254 g/mol. The molecule has 100 valence electrons. The van der Waals surface area contributed by atoms with Crippen molar-refractivity contribution in [3.8, 4) is 0 Å². The van der Waals surface area contributed by atoms with Gasteiger partial charge in [-0.1, -0.05) is 6.07 Å². The fraction of sp³-hybridized carbons (Fsp3) is 0.133. The fourth-order valence-electron chi connectivity index (χ4n) is 2.10. The molecular formula is C15H13N3O2. The van der Waals surface area contributed by atoms with Gasteiger partial charge < -0.3 is 10.6 Å². The second-order valence-electron chi connectivity index (χ2n) is 4.77. The van der Waals surface area contributed by atoms with Crippen molar-refractivity contribution in [2.24, 2.45) is 0 Å². The molecule has 0 bridgehead atoms. The summed E-state index contributed by atoms with van der Waals surface area (Å²) in [6.07, 6.45) is 2.01. The number of anilines is 2. The number of fused-ring (bicyclic) bond motifs is 1. The van der Waals surface area contributed by atoms with Crippen molar-refractivity contribution >= 4 is 23.3 Å². The first-order chi connectivity index (χ1) is 9.61. The van der Waals surface area contributed by atoms with Crippen molar-refractivity contribution < 1.29 is 9.59 Å². The summed E-state index contributed by atoms with van der Waals surface area (Å²) < 4.78 is 0. The van der Waals surface area contributed by atoms with E-state index in [1.54, 1.807) is 30.5 Å².